The number of hydrogen-bond acceptors (Lipinski definition) is 4. The molecule has 0 amide bonds. The van der Waals surface area contributed by atoms with E-state index in [9.17, 15) is 4.79 Å². The van der Waals surface area contributed by atoms with Gasteiger partial charge in [0.05, 0.1) is 29.8 Å². The van der Waals surface area contributed by atoms with E-state index in [1.807, 2.05) is 18.2 Å². The number of carboxylic acid groups (broad SMARTS) is 1. The standard InChI is InChI=1S/C15H19ClN2O3/c16-12-7-10(13-8-11(9-17-13)15(19)20)1-2-14(12)18-3-5-21-6-4-18/h1-2,7,11,13,17H,3-6,8-9H2,(H,19,20). The topological polar surface area (TPSA) is 61.8 Å². The van der Waals surface area contributed by atoms with E-state index < -0.39 is 5.97 Å². The van der Waals surface area contributed by atoms with Crippen LogP contribution < -0.4 is 10.2 Å². The fourth-order valence-electron chi connectivity index (χ4n) is 2.98. The van der Waals surface area contributed by atoms with E-state index in [1.54, 1.807) is 0 Å². The van der Waals surface area contributed by atoms with Crippen molar-refractivity contribution in [3.8, 4) is 0 Å². The van der Waals surface area contributed by atoms with Crippen molar-refractivity contribution in [3.63, 3.8) is 0 Å². The molecular weight excluding hydrogens is 292 g/mol. The first-order chi connectivity index (χ1) is 10.1. The van der Waals surface area contributed by atoms with Gasteiger partial charge in [-0.05, 0) is 24.1 Å². The summed E-state index contributed by atoms with van der Waals surface area (Å²) in [7, 11) is 0. The van der Waals surface area contributed by atoms with Crippen LogP contribution in [0.3, 0.4) is 0 Å². The van der Waals surface area contributed by atoms with Gasteiger partial charge >= 0.3 is 5.97 Å². The molecule has 0 saturated carbocycles. The molecule has 3 rings (SSSR count). The van der Waals surface area contributed by atoms with Gasteiger partial charge in [0.25, 0.3) is 0 Å². The van der Waals surface area contributed by atoms with Gasteiger partial charge in [0.15, 0.2) is 0 Å². The summed E-state index contributed by atoms with van der Waals surface area (Å²) in [6, 6.07) is 6.09. The predicted octanol–water partition coefficient (Wildman–Crippen LogP) is 1.91. The minimum absolute atomic E-state index is 0.0716. The zero-order valence-corrected chi connectivity index (χ0v) is 12.5. The summed E-state index contributed by atoms with van der Waals surface area (Å²) in [6.45, 7) is 3.66. The lowest BCUT2D eigenvalue weighted by atomic mass is 10.00. The molecule has 1 aromatic carbocycles. The molecule has 0 aromatic heterocycles. The van der Waals surface area contributed by atoms with Crippen molar-refractivity contribution in [2.75, 3.05) is 37.7 Å². The van der Waals surface area contributed by atoms with Gasteiger partial charge in [-0.2, -0.15) is 0 Å². The van der Waals surface area contributed by atoms with E-state index in [4.69, 9.17) is 21.4 Å². The van der Waals surface area contributed by atoms with Crippen LogP contribution in [-0.2, 0) is 9.53 Å². The van der Waals surface area contributed by atoms with Crippen LogP contribution in [0, 0.1) is 5.92 Å². The van der Waals surface area contributed by atoms with Crippen molar-refractivity contribution in [2.24, 2.45) is 5.92 Å². The molecule has 2 aliphatic rings. The molecule has 2 saturated heterocycles. The number of ether oxygens (including phenoxy) is 1. The smallest absolute Gasteiger partial charge is 0.307 e. The first-order valence-electron chi connectivity index (χ1n) is 7.23. The molecule has 2 heterocycles. The number of carboxylic acids is 1. The fourth-order valence-corrected chi connectivity index (χ4v) is 3.29. The van der Waals surface area contributed by atoms with Crippen molar-refractivity contribution in [1.29, 1.82) is 0 Å². The lowest BCUT2D eigenvalue weighted by Gasteiger charge is -2.30. The molecule has 21 heavy (non-hydrogen) atoms. The molecular formula is C15H19ClN2O3. The summed E-state index contributed by atoms with van der Waals surface area (Å²) in [5.74, 6) is -1.05. The largest absolute Gasteiger partial charge is 0.481 e. The number of nitrogens with zero attached hydrogens (tertiary/aromatic N) is 1. The Morgan fingerprint density at radius 3 is 2.76 bits per heavy atom. The second kappa shape index (κ2) is 6.22. The number of hydrogen-bond donors (Lipinski definition) is 2. The van der Waals surface area contributed by atoms with E-state index in [-0.39, 0.29) is 12.0 Å². The number of carbonyl (C=O) groups is 1. The minimum Gasteiger partial charge on any atom is -0.481 e. The summed E-state index contributed by atoms with van der Waals surface area (Å²) in [5.41, 5.74) is 2.08. The van der Waals surface area contributed by atoms with Crippen LogP contribution in [-0.4, -0.2) is 43.9 Å². The number of benzene rings is 1. The molecule has 6 heteroatoms. The first-order valence-corrected chi connectivity index (χ1v) is 7.61. The molecule has 2 unspecified atom stereocenters. The second-order valence-electron chi connectivity index (χ2n) is 5.54. The van der Waals surface area contributed by atoms with Crippen LogP contribution in [0.5, 0.6) is 0 Å². The van der Waals surface area contributed by atoms with E-state index in [2.05, 4.69) is 10.2 Å². The van der Waals surface area contributed by atoms with Gasteiger partial charge < -0.3 is 20.1 Å². The minimum atomic E-state index is -0.735. The Bertz CT molecular complexity index is 532. The zero-order valence-electron chi connectivity index (χ0n) is 11.7. The van der Waals surface area contributed by atoms with E-state index in [1.165, 1.54) is 0 Å². The molecule has 1 aromatic rings. The normalized spacial score (nSPS) is 26.0. The van der Waals surface area contributed by atoms with Gasteiger partial charge in [-0.25, -0.2) is 0 Å². The monoisotopic (exact) mass is 310 g/mol. The lowest BCUT2D eigenvalue weighted by Crippen LogP contribution is -2.36. The van der Waals surface area contributed by atoms with Crippen LogP contribution in [0.2, 0.25) is 5.02 Å². The van der Waals surface area contributed by atoms with Gasteiger partial charge in [0.1, 0.15) is 0 Å². The molecule has 114 valence electrons. The molecule has 0 bridgehead atoms. The number of rotatable bonds is 3. The predicted molar refractivity (Wildman–Crippen MR) is 81.0 cm³/mol. The molecule has 0 aliphatic carbocycles. The highest BCUT2D eigenvalue weighted by Crippen LogP contribution is 2.33. The van der Waals surface area contributed by atoms with Crippen molar-refractivity contribution < 1.29 is 14.6 Å². The lowest BCUT2D eigenvalue weighted by molar-refractivity contribution is -0.141. The number of nitrogens with one attached hydrogen (secondary N) is 1. The third kappa shape index (κ3) is 3.15. The van der Waals surface area contributed by atoms with Crippen LogP contribution in [0.15, 0.2) is 18.2 Å². The van der Waals surface area contributed by atoms with E-state index >= 15 is 0 Å². The quantitative estimate of drug-likeness (QED) is 0.893. The number of morpholine rings is 1. The van der Waals surface area contributed by atoms with Gasteiger partial charge in [-0.1, -0.05) is 17.7 Å². The van der Waals surface area contributed by atoms with Crippen molar-refractivity contribution in [3.05, 3.63) is 28.8 Å². The highest BCUT2D eigenvalue weighted by atomic mass is 35.5. The zero-order chi connectivity index (χ0) is 14.8. The van der Waals surface area contributed by atoms with Crippen LogP contribution in [0.25, 0.3) is 0 Å². The maximum Gasteiger partial charge on any atom is 0.307 e. The van der Waals surface area contributed by atoms with E-state index in [0.717, 1.165) is 42.6 Å². The Morgan fingerprint density at radius 1 is 1.38 bits per heavy atom. The maximum atomic E-state index is 11.0. The van der Waals surface area contributed by atoms with Gasteiger partial charge in [-0.3, -0.25) is 4.79 Å². The molecule has 2 aliphatic heterocycles. The Labute approximate surface area is 128 Å². The fraction of sp³-hybridized carbons (Fsp3) is 0.533. The Morgan fingerprint density at radius 2 is 2.14 bits per heavy atom. The van der Waals surface area contributed by atoms with E-state index in [0.29, 0.717) is 13.0 Å². The Hall–Kier alpha value is -1.30. The summed E-state index contributed by atoms with van der Waals surface area (Å²) in [5, 5.41) is 13.0. The van der Waals surface area contributed by atoms with Crippen LogP contribution >= 0.6 is 11.6 Å². The van der Waals surface area contributed by atoms with Gasteiger partial charge in [0.2, 0.25) is 0 Å². The third-order valence-corrected chi connectivity index (χ3v) is 4.51. The number of halogens is 1. The Kier molecular flexibility index (Phi) is 4.33. The molecule has 5 nitrogen and oxygen atoms in total. The maximum absolute atomic E-state index is 11.0. The van der Waals surface area contributed by atoms with Crippen LogP contribution in [0.1, 0.15) is 18.0 Å². The van der Waals surface area contributed by atoms with Gasteiger partial charge in [-0.15, -0.1) is 0 Å². The highest BCUT2D eigenvalue weighted by Gasteiger charge is 2.30. The molecule has 2 atom stereocenters. The molecule has 0 spiro atoms. The average molecular weight is 311 g/mol. The summed E-state index contributed by atoms with van der Waals surface area (Å²) < 4.78 is 5.35. The third-order valence-electron chi connectivity index (χ3n) is 4.21. The van der Waals surface area contributed by atoms with Crippen LogP contribution in [0.4, 0.5) is 5.69 Å². The van der Waals surface area contributed by atoms with Crippen molar-refractivity contribution in [1.82, 2.24) is 5.32 Å². The van der Waals surface area contributed by atoms with Gasteiger partial charge in [0, 0.05) is 25.7 Å². The Balaban J connectivity index is 1.73. The molecule has 2 N–H and O–H groups in total. The SMILES string of the molecule is O=C(O)C1CNC(c2ccc(N3CCOCC3)c(Cl)c2)C1. The number of aliphatic carboxylic acids is 1. The highest BCUT2D eigenvalue weighted by molar-refractivity contribution is 6.33. The second-order valence-corrected chi connectivity index (χ2v) is 5.95. The molecule has 0 radical (unpaired) electrons. The molecule has 2 fully saturated rings. The first kappa shape index (κ1) is 14.6. The summed E-state index contributed by atoms with van der Waals surface area (Å²) >= 11 is 6.41. The van der Waals surface area contributed by atoms with Crippen molar-refractivity contribution >= 4 is 23.3 Å². The summed E-state index contributed by atoms with van der Waals surface area (Å²) in [6.07, 6.45) is 0.614. The summed E-state index contributed by atoms with van der Waals surface area (Å²) in [4.78, 5) is 13.2. The number of anilines is 1. The van der Waals surface area contributed by atoms with Crippen molar-refractivity contribution in [2.45, 2.75) is 12.5 Å². The average Bonchev–Trinajstić information content (AvgIpc) is 2.98.